The molecule has 8 aromatic carbocycles. The molecule has 0 atom stereocenters. The van der Waals surface area contributed by atoms with E-state index in [9.17, 15) is 0 Å². The molecule has 10 rings (SSSR count). The maximum absolute atomic E-state index is 2.48. The van der Waals surface area contributed by atoms with Gasteiger partial charge in [0.05, 0.1) is 5.69 Å². The number of rotatable bonds is 6. The Morgan fingerprint density at radius 1 is 0.407 bits per heavy atom. The average Bonchev–Trinajstić information content (AvgIpc) is 3.23. The van der Waals surface area contributed by atoms with Crippen molar-refractivity contribution in [2.24, 2.45) is 0 Å². The molecule has 2 aliphatic heterocycles. The standard InChI is InChI=1S/C50H38BN3/c1-35-26-31-45(36(2)32-35)52(41-29-27-38(28-30-41)37-16-6-3-7-17-37)42-33-48-50-49(34-42)54(40-20-10-5-11-21-40)47-25-15-13-23-44(47)51(50)43-22-12-14-24-46(43)53(48)39-18-8-4-9-19-39/h3-34H,1-2H3. The molecule has 0 unspecified atom stereocenters. The molecule has 0 spiro atoms. The topological polar surface area (TPSA) is 9.72 Å². The number of hydrogen-bond donors (Lipinski definition) is 0. The first-order chi connectivity index (χ1) is 26.6. The molecular formula is C50H38BN3. The van der Waals surface area contributed by atoms with Gasteiger partial charge in [-0.15, -0.1) is 0 Å². The highest BCUT2D eigenvalue weighted by Crippen LogP contribution is 2.48. The first-order valence-electron chi connectivity index (χ1n) is 18.7. The Bertz CT molecular complexity index is 2530. The fraction of sp³-hybridized carbons (Fsp3) is 0.0400. The molecule has 0 radical (unpaired) electrons. The lowest BCUT2D eigenvalue weighted by atomic mass is 9.33. The summed E-state index contributed by atoms with van der Waals surface area (Å²) in [6.45, 7) is 4.46. The van der Waals surface area contributed by atoms with Crippen molar-refractivity contribution in [3.05, 3.63) is 205 Å². The second-order valence-electron chi connectivity index (χ2n) is 14.3. The van der Waals surface area contributed by atoms with Crippen molar-refractivity contribution in [1.29, 1.82) is 0 Å². The number of fused-ring (bicyclic) bond motifs is 4. The molecule has 0 amide bonds. The molecule has 256 valence electrons. The third kappa shape index (κ3) is 5.22. The number of benzene rings is 8. The van der Waals surface area contributed by atoms with Gasteiger partial charge < -0.3 is 14.7 Å². The molecule has 0 aromatic heterocycles. The van der Waals surface area contributed by atoms with Crippen molar-refractivity contribution in [1.82, 2.24) is 0 Å². The zero-order chi connectivity index (χ0) is 36.2. The van der Waals surface area contributed by atoms with Gasteiger partial charge in [-0.25, -0.2) is 0 Å². The largest absolute Gasteiger partial charge is 0.311 e. The van der Waals surface area contributed by atoms with E-state index in [2.05, 4.69) is 223 Å². The molecule has 2 heterocycles. The van der Waals surface area contributed by atoms with Gasteiger partial charge in [0.15, 0.2) is 0 Å². The van der Waals surface area contributed by atoms with E-state index >= 15 is 0 Å². The van der Waals surface area contributed by atoms with Crippen LogP contribution < -0.4 is 31.1 Å². The van der Waals surface area contributed by atoms with Crippen LogP contribution in [0, 0.1) is 13.8 Å². The summed E-state index contributed by atoms with van der Waals surface area (Å²) in [5.74, 6) is 0. The van der Waals surface area contributed by atoms with E-state index in [1.807, 2.05) is 0 Å². The van der Waals surface area contributed by atoms with E-state index in [0.29, 0.717) is 0 Å². The van der Waals surface area contributed by atoms with Crippen LogP contribution in [-0.4, -0.2) is 6.71 Å². The van der Waals surface area contributed by atoms with Crippen LogP contribution in [0.25, 0.3) is 11.1 Å². The van der Waals surface area contributed by atoms with Crippen LogP contribution in [-0.2, 0) is 0 Å². The Morgan fingerprint density at radius 3 is 1.43 bits per heavy atom. The fourth-order valence-corrected chi connectivity index (χ4v) is 8.64. The van der Waals surface area contributed by atoms with Gasteiger partial charge in [-0.3, -0.25) is 0 Å². The van der Waals surface area contributed by atoms with Crippen LogP contribution in [0.5, 0.6) is 0 Å². The minimum absolute atomic E-state index is 0.0658. The SMILES string of the molecule is Cc1ccc(N(c2ccc(-c3ccccc3)cc2)c2cc3c4c(c2)N(c2ccccc2)c2ccccc2B4c2ccccc2N3c2ccccc2)c(C)c1. The minimum atomic E-state index is 0.0658. The Morgan fingerprint density at radius 2 is 0.889 bits per heavy atom. The summed E-state index contributed by atoms with van der Waals surface area (Å²) in [6, 6.07) is 70.9. The van der Waals surface area contributed by atoms with Crippen molar-refractivity contribution in [3.8, 4) is 11.1 Å². The third-order valence-corrected chi connectivity index (χ3v) is 11.0. The molecule has 8 aromatic rings. The van der Waals surface area contributed by atoms with Crippen molar-refractivity contribution in [2.45, 2.75) is 13.8 Å². The highest BCUT2D eigenvalue weighted by Gasteiger charge is 2.43. The Kier molecular flexibility index (Phi) is 7.69. The molecule has 2 aliphatic rings. The van der Waals surface area contributed by atoms with E-state index in [1.165, 1.54) is 61.4 Å². The van der Waals surface area contributed by atoms with Gasteiger partial charge in [0.1, 0.15) is 0 Å². The second kappa shape index (κ2) is 13.0. The van der Waals surface area contributed by atoms with Crippen molar-refractivity contribution in [2.75, 3.05) is 14.7 Å². The lowest BCUT2D eigenvalue weighted by molar-refractivity contribution is 1.21. The van der Waals surface area contributed by atoms with Crippen LogP contribution in [0.4, 0.5) is 51.2 Å². The van der Waals surface area contributed by atoms with E-state index in [-0.39, 0.29) is 6.71 Å². The predicted octanol–water partition coefficient (Wildman–Crippen LogP) is 11.5. The molecule has 0 saturated carbocycles. The predicted molar refractivity (Wildman–Crippen MR) is 230 cm³/mol. The summed E-state index contributed by atoms with van der Waals surface area (Å²) in [5.41, 5.74) is 19.2. The van der Waals surface area contributed by atoms with Crippen LogP contribution in [0.2, 0.25) is 0 Å². The van der Waals surface area contributed by atoms with E-state index in [1.54, 1.807) is 0 Å². The van der Waals surface area contributed by atoms with Gasteiger partial charge in [0.25, 0.3) is 6.71 Å². The summed E-state index contributed by atoms with van der Waals surface area (Å²) in [4.78, 5) is 7.40. The van der Waals surface area contributed by atoms with Crippen molar-refractivity contribution in [3.63, 3.8) is 0 Å². The normalized spacial score (nSPS) is 12.5. The second-order valence-corrected chi connectivity index (χ2v) is 14.3. The van der Waals surface area contributed by atoms with Gasteiger partial charge in [0.2, 0.25) is 0 Å². The molecule has 0 saturated heterocycles. The van der Waals surface area contributed by atoms with Gasteiger partial charge in [-0.05, 0) is 114 Å². The van der Waals surface area contributed by atoms with Crippen LogP contribution in [0.3, 0.4) is 0 Å². The number of para-hydroxylation sites is 4. The van der Waals surface area contributed by atoms with Gasteiger partial charge in [-0.1, -0.05) is 133 Å². The summed E-state index contributed by atoms with van der Waals surface area (Å²) in [6.07, 6.45) is 0. The number of anilines is 9. The minimum Gasteiger partial charge on any atom is -0.311 e. The molecular weight excluding hydrogens is 653 g/mol. The van der Waals surface area contributed by atoms with E-state index in [0.717, 1.165) is 28.4 Å². The molecule has 54 heavy (non-hydrogen) atoms. The Balaban J connectivity index is 1.29. The maximum Gasteiger partial charge on any atom is 0.252 e. The molecule has 4 heteroatoms. The van der Waals surface area contributed by atoms with E-state index < -0.39 is 0 Å². The smallest absolute Gasteiger partial charge is 0.252 e. The lowest BCUT2D eigenvalue weighted by Gasteiger charge is -2.45. The average molecular weight is 692 g/mol. The van der Waals surface area contributed by atoms with Crippen LogP contribution >= 0.6 is 0 Å². The zero-order valence-corrected chi connectivity index (χ0v) is 30.4. The van der Waals surface area contributed by atoms with Crippen LogP contribution in [0.15, 0.2) is 194 Å². The summed E-state index contributed by atoms with van der Waals surface area (Å²) < 4.78 is 0. The van der Waals surface area contributed by atoms with Crippen LogP contribution in [0.1, 0.15) is 11.1 Å². The maximum atomic E-state index is 2.48. The Labute approximate surface area is 318 Å². The van der Waals surface area contributed by atoms with E-state index in [4.69, 9.17) is 0 Å². The number of nitrogens with zero attached hydrogens (tertiary/aromatic N) is 3. The Hall–Kier alpha value is -6.78. The monoisotopic (exact) mass is 691 g/mol. The number of hydrogen-bond acceptors (Lipinski definition) is 3. The quantitative estimate of drug-likeness (QED) is 0.161. The zero-order valence-electron chi connectivity index (χ0n) is 30.4. The molecule has 3 nitrogen and oxygen atoms in total. The fourth-order valence-electron chi connectivity index (χ4n) is 8.64. The lowest BCUT2D eigenvalue weighted by Crippen LogP contribution is -2.61. The summed E-state index contributed by atoms with van der Waals surface area (Å²) >= 11 is 0. The highest BCUT2D eigenvalue weighted by atomic mass is 15.2. The molecule has 0 aliphatic carbocycles. The first-order valence-corrected chi connectivity index (χ1v) is 18.7. The molecule has 0 N–H and O–H groups in total. The third-order valence-electron chi connectivity index (χ3n) is 11.0. The highest BCUT2D eigenvalue weighted by molar-refractivity contribution is 7.00. The first kappa shape index (κ1) is 31.9. The number of aryl methyl sites for hydroxylation is 2. The molecule has 0 bridgehead atoms. The van der Waals surface area contributed by atoms with Gasteiger partial charge in [-0.2, -0.15) is 0 Å². The summed E-state index contributed by atoms with van der Waals surface area (Å²) in [7, 11) is 0. The van der Waals surface area contributed by atoms with Gasteiger partial charge >= 0.3 is 0 Å². The summed E-state index contributed by atoms with van der Waals surface area (Å²) in [5, 5.41) is 0. The van der Waals surface area contributed by atoms with Crippen molar-refractivity contribution < 1.29 is 0 Å². The van der Waals surface area contributed by atoms with Crippen molar-refractivity contribution >= 4 is 74.3 Å². The molecule has 0 fully saturated rings. The van der Waals surface area contributed by atoms with Gasteiger partial charge in [0, 0.05) is 45.5 Å².